The Morgan fingerprint density at radius 3 is 2.68 bits per heavy atom. The minimum atomic E-state index is 0.401. The molecule has 102 valence electrons. The number of hydrogen-bond donors (Lipinski definition) is 1. The van der Waals surface area contributed by atoms with Gasteiger partial charge in [-0.15, -0.1) is 0 Å². The Labute approximate surface area is 114 Å². The Morgan fingerprint density at radius 2 is 2.11 bits per heavy atom. The highest BCUT2D eigenvalue weighted by molar-refractivity contribution is 5.59. The Kier molecular flexibility index (Phi) is 4.20. The van der Waals surface area contributed by atoms with Gasteiger partial charge < -0.3 is 9.73 Å². The summed E-state index contributed by atoms with van der Waals surface area (Å²) in [6, 6.07) is 1.88. The fourth-order valence-corrected chi connectivity index (χ4v) is 2.17. The molecule has 0 radical (unpaired) electrons. The van der Waals surface area contributed by atoms with E-state index in [0.29, 0.717) is 11.7 Å². The zero-order chi connectivity index (χ0) is 13.8. The van der Waals surface area contributed by atoms with Crippen molar-refractivity contribution in [2.45, 2.75) is 40.0 Å². The number of nitrogens with one attached hydrogen (secondary N) is 1. The van der Waals surface area contributed by atoms with Crippen LogP contribution >= 0.6 is 0 Å². The molecule has 0 fully saturated rings. The monoisotopic (exact) mass is 259 g/mol. The number of aromatic nitrogens is 2. The van der Waals surface area contributed by atoms with E-state index < -0.39 is 0 Å². The lowest BCUT2D eigenvalue weighted by Crippen LogP contribution is -2.10. The average molecular weight is 259 g/mol. The van der Waals surface area contributed by atoms with Gasteiger partial charge in [-0.2, -0.15) is 0 Å². The molecule has 0 aliphatic rings. The summed E-state index contributed by atoms with van der Waals surface area (Å²) in [6.45, 7) is 9.44. The highest BCUT2D eigenvalue weighted by Gasteiger charge is 2.15. The van der Waals surface area contributed by atoms with Crippen molar-refractivity contribution in [3.05, 3.63) is 29.9 Å². The molecule has 1 N–H and O–H groups in total. The van der Waals surface area contributed by atoms with Crippen LogP contribution in [0.4, 0.5) is 5.82 Å². The van der Waals surface area contributed by atoms with Gasteiger partial charge in [0.05, 0.1) is 11.8 Å². The van der Waals surface area contributed by atoms with Crippen LogP contribution in [0.15, 0.2) is 23.0 Å². The van der Waals surface area contributed by atoms with E-state index in [1.165, 1.54) is 5.56 Å². The summed E-state index contributed by atoms with van der Waals surface area (Å²) in [5.41, 5.74) is 3.14. The van der Waals surface area contributed by atoms with Crippen LogP contribution in [-0.4, -0.2) is 16.5 Å². The first-order chi connectivity index (χ1) is 9.13. The highest BCUT2D eigenvalue weighted by atomic mass is 16.3. The zero-order valence-electron chi connectivity index (χ0n) is 12.0. The zero-order valence-corrected chi connectivity index (χ0v) is 12.0. The van der Waals surface area contributed by atoms with Gasteiger partial charge >= 0.3 is 0 Å². The second-order valence-electron chi connectivity index (χ2n) is 4.99. The van der Waals surface area contributed by atoms with E-state index in [2.05, 4.69) is 36.1 Å². The van der Waals surface area contributed by atoms with E-state index >= 15 is 0 Å². The lowest BCUT2D eigenvalue weighted by atomic mass is 10.0. The summed E-state index contributed by atoms with van der Waals surface area (Å²) in [6.07, 6.45) is 4.39. The second-order valence-corrected chi connectivity index (χ2v) is 4.99. The quantitative estimate of drug-likeness (QED) is 0.882. The number of aryl methyl sites for hydroxylation is 1. The van der Waals surface area contributed by atoms with Gasteiger partial charge in [0.1, 0.15) is 12.1 Å². The smallest absolute Gasteiger partial charge is 0.165 e. The van der Waals surface area contributed by atoms with Crippen molar-refractivity contribution in [3.63, 3.8) is 0 Å². The van der Waals surface area contributed by atoms with Crippen molar-refractivity contribution in [1.29, 1.82) is 0 Å². The summed E-state index contributed by atoms with van der Waals surface area (Å²) in [5.74, 6) is 2.06. The van der Waals surface area contributed by atoms with Crippen LogP contribution in [0.25, 0.3) is 11.4 Å². The van der Waals surface area contributed by atoms with Gasteiger partial charge in [-0.25, -0.2) is 9.97 Å². The Morgan fingerprint density at radius 1 is 1.32 bits per heavy atom. The van der Waals surface area contributed by atoms with E-state index in [1.807, 2.05) is 13.0 Å². The molecular formula is C15H21N3O. The first kappa shape index (κ1) is 13.6. The lowest BCUT2D eigenvalue weighted by molar-refractivity contribution is 0.568. The normalized spacial score (nSPS) is 11.0. The Bertz CT molecular complexity index is 533. The summed E-state index contributed by atoms with van der Waals surface area (Å²) in [5, 5.41) is 3.41. The molecule has 0 saturated heterocycles. The fourth-order valence-electron chi connectivity index (χ4n) is 2.17. The molecule has 4 nitrogen and oxygen atoms in total. The summed E-state index contributed by atoms with van der Waals surface area (Å²) in [7, 11) is 0. The number of hydrogen-bond acceptors (Lipinski definition) is 4. The second kappa shape index (κ2) is 5.87. The van der Waals surface area contributed by atoms with Crippen LogP contribution in [0.2, 0.25) is 0 Å². The van der Waals surface area contributed by atoms with Gasteiger partial charge in [0.2, 0.25) is 0 Å². The molecular weight excluding hydrogens is 238 g/mol. The largest absolute Gasteiger partial charge is 0.472 e. The number of furan rings is 1. The van der Waals surface area contributed by atoms with E-state index in [0.717, 1.165) is 30.0 Å². The number of nitrogens with zero attached hydrogens (tertiary/aromatic N) is 2. The van der Waals surface area contributed by atoms with Crippen molar-refractivity contribution >= 4 is 5.82 Å². The van der Waals surface area contributed by atoms with Crippen LogP contribution < -0.4 is 5.32 Å². The predicted molar refractivity (Wildman–Crippen MR) is 77.3 cm³/mol. The standard InChI is InChI=1S/C15H21N3O/c1-5-7-16-15-13(10(2)3)11(4)17-14(18-15)12-6-8-19-9-12/h6,8-10H,5,7H2,1-4H3,(H,16,17,18). The summed E-state index contributed by atoms with van der Waals surface area (Å²) in [4.78, 5) is 9.25. The van der Waals surface area contributed by atoms with Gasteiger partial charge in [0.15, 0.2) is 5.82 Å². The minimum absolute atomic E-state index is 0.401. The van der Waals surface area contributed by atoms with Crippen LogP contribution in [0, 0.1) is 6.92 Å². The lowest BCUT2D eigenvalue weighted by Gasteiger charge is -2.16. The molecule has 0 atom stereocenters. The topological polar surface area (TPSA) is 51.0 Å². The van der Waals surface area contributed by atoms with Crippen molar-refractivity contribution in [1.82, 2.24) is 9.97 Å². The molecule has 2 heterocycles. The molecule has 0 bridgehead atoms. The Balaban J connectivity index is 2.47. The van der Waals surface area contributed by atoms with Crippen LogP contribution in [0.3, 0.4) is 0 Å². The third-order valence-electron chi connectivity index (χ3n) is 3.04. The molecule has 0 aliphatic carbocycles. The first-order valence-electron chi connectivity index (χ1n) is 6.78. The molecule has 2 rings (SSSR count). The summed E-state index contributed by atoms with van der Waals surface area (Å²) < 4.78 is 5.11. The van der Waals surface area contributed by atoms with E-state index in [1.54, 1.807) is 12.5 Å². The van der Waals surface area contributed by atoms with Crippen LogP contribution in [0.5, 0.6) is 0 Å². The van der Waals surface area contributed by atoms with Gasteiger partial charge in [-0.1, -0.05) is 20.8 Å². The first-order valence-corrected chi connectivity index (χ1v) is 6.78. The van der Waals surface area contributed by atoms with Crippen molar-refractivity contribution in [2.75, 3.05) is 11.9 Å². The van der Waals surface area contributed by atoms with Crippen molar-refractivity contribution in [3.8, 4) is 11.4 Å². The molecule has 0 aromatic carbocycles. The SMILES string of the molecule is CCCNc1nc(-c2ccoc2)nc(C)c1C(C)C. The van der Waals surface area contributed by atoms with E-state index in [-0.39, 0.29) is 0 Å². The molecule has 0 spiro atoms. The van der Waals surface area contributed by atoms with Crippen LogP contribution in [0.1, 0.15) is 44.4 Å². The van der Waals surface area contributed by atoms with Gasteiger partial charge in [0, 0.05) is 17.8 Å². The maximum Gasteiger partial charge on any atom is 0.165 e. The van der Waals surface area contributed by atoms with Gasteiger partial charge in [-0.05, 0) is 25.3 Å². The molecule has 2 aromatic rings. The third kappa shape index (κ3) is 2.95. The molecule has 19 heavy (non-hydrogen) atoms. The van der Waals surface area contributed by atoms with E-state index in [4.69, 9.17) is 4.42 Å². The van der Waals surface area contributed by atoms with E-state index in [9.17, 15) is 0 Å². The summed E-state index contributed by atoms with van der Waals surface area (Å²) >= 11 is 0. The molecule has 0 unspecified atom stereocenters. The number of anilines is 1. The predicted octanol–water partition coefficient (Wildman–Crippen LogP) is 3.99. The van der Waals surface area contributed by atoms with Crippen LogP contribution in [-0.2, 0) is 0 Å². The van der Waals surface area contributed by atoms with Crippen molar-refractivity contribution in [2.24, 2.45) is 0 Å². The molecule has 4 heteroatoms. The Hall–Kier alpha value is -1.84. The molecule has 0 saturated carbocycles. The molecule has 2 aromatic heterocycles. The highest BCUT2D eigenvalue weighted by Crippen LogP contribution is 2.28. The average Bonchev–Trinajstić information content (AvgIpc) is 2.88. The van der Waals surface area contributed by atoms with Gasteiger partial charge in [-0.3, -0.25) is 0 Å². The fraction of sp³-hybridized carbons (Fsp3) is 0.467. The minimum Gasteiger partial charge on any atom is -0.472 e. The molecule has 0 aliphatic heterocycles. The van der Waals surface area contributed by atoms with Crippen molar-refractivity contribution < 1.29 is 4.42 Å². The van der Waals surface area contributed by atoms with Gasteiger partial charge in [0.25, 0.3) is 0 Å². The number of rotatable bonds is 5. The third-order valence-corrected chi connectivity index (χ3v) is 3.04. The molecule has 0 amide bonds. The maximum atomic E-state index is 5.11. The maximum absolute atomic E-state index is 5.11.